The van der Waals surface area contributed by atoms with Crippen molar-refractivity contribution in [1.82, 2.24) is 5.01 Å². The van der Waals surface area contributed by atoms with Crippen molar-refractivity contribution in [2.24, 2.45) is 5.10 Å². The van der Waals surface area contributed by atoms with E-state index in [1.807, 2.05) is 5.01 Å². The molecule has 6 heteroatoms. The summed E-state index contributed by atoms with van der Waals surface area (Å²) in [6, 6.07) is 13.1. The van der Waals surface area contributed by atoms with E-state index in [0.29, 0.717) is 19.2 Å². The Balaban J connectivity index is 1.56. The molecule has 2 aromatic carbocycles. The van der Waals surface area contributed by atoms with Crippen molar-refractivity contribution in [2.45, 2.75) is 57.9 Å². The first-order valence-corrected chi connectivity index (χ1v) is 10.0. The minimum absolute atomic E-state index is 0.0928. The minimum Gasteiger partial charge on any atom is -0.453 e. The lowest BCUT2D eigenvalue weighted by molar-refractivity contribution is -0.384. The van der Waals surface area contributed by atoms with Gasteiger partial charge < -0.3 is 4.74 Å². The Bertz CT molecular complexity index is 977. The summed E-state index contributed by atoms with van der Waals surface area (Å²) in [7, 11) is 0. The summed E-state index contributed by atoms with van der Waals surface area (Å²) >= 11 is 0. The second-order valence-electron chi connectivity index (χ2n) is 9.29. The zero-order valence-corrected chi connectivity index (χ0v) is 17.4. The number of nitrogens with zero attached hydrogens (tertiary/aromatic N) is 3. The van der Waals surface area contributed by atoms with Crippen LogP contribution in [0.4, 0.5) is 5.69 Å². The first-order chi connectivity index (χ1) is 13.7. The summed E-state index contributed by atoms with van der Waals surface area (Å²) in [5.74, 6) is 0.633. The molecule has 0 radical (unpaired) electrons. The summed E-state index contributed by atoms with van der Waals surface area (Å²) < 4.78 is 5.86. The van der Waals surface area contributed by atoms with Crippen LogP contribution in [0.2, 0.25) is 0 Å². The predicted octanol–water partition coefficient (Wildman–Crippen LogP) is 5.10. The van der Waals surface area contributed by atoms with Crippen LogP contribution in [-0.2, 0) is 22.1 Å². The highest BCUT2D eigenvalue weighted by molar-refractivity contribution is 5.95. The number of hydrazone groups is 1. The fourth-order valence-electron chi connectivity index (χ4n) is 4.20. The molecular formula is C23H27N3O3. The summed E-state index contributed by atoms with van der Waals surface area (Å²) in [5, 5.41) is 17.3. The maximum Gasteiger partial charge on any atom is 0.269 e. The Morgan fingerprint density at radius 2 is 1.69 bits per heavy atom. The van der Waals surface area contributed by atoms with Crippen LogP contribution in [0.3, 0.4) is 0 Å². The van der Waals surface area contributed by atoms with Crippen LogP contribution in [-0.4, -0.2) is 22.6 Å². The fraction of sp³-hybridized carbons (Fsp3) is 0.435. The molecule has 0 bridgehead atoms. The zero-order chi connectivity index (χ0) is 20.8. The normalized spacial score (nSPS) is 19.3. The van der Waals surface area contributed by atoms with Crippen molar-refractivity contribution in [3.8, 4) is 0 Å². The van der Waals surface area contributed by atoms with Crippen LogP contribution in [0.5, 0.6) is 0 Å². The molecule has 6 nitrogen and oxygen atoms in total. The Kier molecular flexibility index (Phi) is 4.60. The van der Waals surface area contributed by atoms with Gasteiger partial charge in [0.25, 0.3) is 5.69 Å². The lowest BCUT2D eigenvalue weighted by atomic mass is 9.63. The topological polar surface area (TPSA) is 68.0 Å². The highest BCUT2D eigenvalue weighted by Gasteiger charge is 2.37. The number of non-ortho nitro benzene ring substituents is 1. The average Bonchev–Trinajstić information content (AvgIpc) is 3.14. The van der Waals surface area contributed by atoms with Crippen molar-refractivity contribution in [2.75, 3.05) is 6.73 Å². The van der Waals surface area contributed by atoms with E-state index in [1.165, 1.54) is 29.7 Å². The molecule has 29 heavy (non-hydrogen) atoms. The van der Waals surface area contributed by atoms with Crippen LogP contribution in [0.25, 0.3) is 0 Å². The van der Waals surface area contributed by atoms with Crippen molar-refractivity contribution in [3.63, 3.8) is 0 Å². The molecule has 0 spiro atoms. The van der Waals surface area contributed by atoms with Gasteiger partial charge in [0.15, 0.2) is 6.73 Å². The lowest BCUT2D eigenvalue weighted by Gasteiger charge is -2.42. The monoisotopic (exact) mass is 393 g/mol. The highest BCUT2D eigenvalue weighted by Crippen LogP contribution is 2.46. The van der Waals surface area contributed by atoms with Crippen LogP contribution < -0.4 is 0 Å². The molecular weight excluding hydrogens is 366 g/mol. The minimum atomic E-state index is -0.391. The van der Waals surface area contributed by atoms with E-state index in [4.69, 9.17) is 4.74 Å². The third-order valence-electron chi connectivity index (χ3n) is 6.19. The second kappa shape index (κ2) is 6.87. The van der Waals surface area contributed by atoms with E-state index in [1.54, 1.807) is 12.1 Å². The van der Waals surface area contributed by atoms with Gasteiger partial charge in [-0.1, -0.05) is 45.9 Å². The Morgan fingerprint density at radius 3 is 2.34 bits per heavy atom. The van der Waals surface area contributed by atoms with Gasteiger partial charge in [-0.15, -0.1) is 5.10 Å². The number of rotatable bonds is 4. The number of hydrogen-bond acceptors (Lipinski definition) is 5. The fourth-order valence-corrected chi connectivity index (χ4v) is 4.20. The largest absolute Gasteiger partial charge is 0.453 e. The summed E-state index contributed by atoms with van der Waals surface area (Å²) in [5.41, 5.74) is 5.17. The maximum atomic E-state index is 10.8. The van der Waals surface area contributed by atoms with E-state index in [2.05, 4.69) is 51.0 Å². The maximum absolute atomic E-state index is 10.8. The van der Waals surface area contributed by atoms with Gasteiger partial charge in [-0.25, -0.2) is 0 Å². The van der Waals surface area contributed by atoms with Gasteiger partial charge in [-0.3, -0.25) is 15.1 Å². The van der Waals surface area contributed by atoms with E-state index in [9.17, 15) is 10.1 Å². The van der Waals surface area contributed by atoms with Crippen LogP contribution in [0, 0.1) is 10.1 Å². The first kappa shape index (κ1) is 19.4. The Labute approximate surface area is 171 Å². The number of ether oxygens (including phenoxy) is 1. The molecule has 0 unspecified atom stereocenters. The smallest absolute Gasteiger partial charge is 0.269 e. The number of benzene rings is 2. The molecule has 0 saturated heterocycles. The van der Waals surface area contributed by atoms with E-state index in [0.717, 1.165) is 17.5 Å². The standard InChI is InChI=1S/C23H27N3O3/c1-22(2)11-12-23(3,4)20-13-17(7-10-19(20)22)21-24-25(15-29-21)14-16-5-8-18(9-6-16)26(27)28/h5-10,13H,11-12,14-15H2,1-4H3. The van der Waals surface area contributed by atoms with Crippen LogP contribution in [0.1, 0.15) is 62.8 Å². The predicted molar refractivity (Wildman–Crippen MR) is 113 cm³/mol. The van der Waals surface area contributed by atoms with Crippen molar-refractivity contribution in [1.29, 1.82) is 0 Å². The molecule has 2 aliphatic rings. The molecule has 1 heterocycles. The van der Waals surface area contributed by atoms with Gasteiger partial charge in [0.1, 0.15) is 0 Å². The van der Waals surface area contributed by atoms with Crippen LogP contribution >= 0.6 is 0 Å². The molecule has 4 rings (SSSR count). The van der Waals surface area contributed by atoms with Gasteiger partial charge in [-0.05, 0) is 52.5 Å². The molecule has 0 fully saturated rings. The molecule has 0 saturated carbocycles. The number of hydrogen-bond donors (Lipinski definition) is 0. The summed E-state index contributed by atoms with van der Waals surface area (Å²) in [6.07, 6.45) is 2.35. The molecule has 1 aliphatic heterocycles. The van der Waals surface area contributed by atoms with E-state index >= 15 is 0 Å². The third-order valence-corrected chi connectivity index (χ3v) is 6.19. The number of nitro groups is 1. The highest BCUT2D eigenvalue weighted by atomic mass is 16.6. The van der Waals surface area contributed by atoms with E-state index in [-0.39, 0.29) is 16.5 Å². The van der Waals surface area contributed by atoms with E-state index < -0.39 is 4.92 Å². The van der Waals surface area contributed by atoms with Gasteiger partial charge in [0, 0.05) is 17.7 Å². The molecule has 0 amide bonds. The Morgan fingerprint density at radius 1 is 1.03 bits per heavy atom. The van der Waals surface area contributed by atoms with Crippen molar-refractivity contribution in [3.05, 3.63) is 74.8 Å². The van der Waals surface area contributed by atoms with Gasteiger partial charge >= 0.3 is 0 Å². The van der Waals surface area contributed by atoms with Gasteiger partial charge in [0.05, 0.1) is 11.5 Å². The first-order valence-electron chi connectivity index (χ1n) is 10.0. The van der Waals surface area contributed by atoms with Crippen molar-refractivity contribution >= 4 is 11.6 Å². The average molecular weight is 393 g/mol. The quantitative estimate of drug-likeness (QED) is 0.536. The van der Waals surface area contributed by atoms with Crippen molar-refractivity contribution < 1.29 is 9.66 Å². The summed E-state index contributed by atoms with van der Waals surface area (Å²) in [6.45, 7) is 10.2. The van der Waals surface area contributed by atoms with Gasteiger partial charge in [0.2, 0.25) is 5.90 Å². The second-order valence-corrected chi connectivity index (χ2v) is 9.29. The van der Waals surface area contributed by atoms with Crippen LogP contribution in [0.15, 0.2) is 47.6 Å². The third kappa shape index (κ3) is 3.71. The van der Waals surface area contributed by atoms with Gasteiger partial charge in [-0.2, -0.15) is 0 Å². The Hall–Kier alpha value is -2.89. The number of fused-ring (bicyclic) bond motifs is 1. The molecule has 1 aliphatic carbocycles. The summed E-state index contributed by atoms with van der Waals surface area (Å²) in [4.78, 5) is 10.4. The lowest BCUT2D eigenvalue weighted by Crippen LogP contribution is -2.34. The molecule has 0 N–H and O–H groups in total. The zero-order valence-electron chi connectivity index (χ0n) is 17.4. The molecule has 0 aromatic heterocycles. The number of nitro benzene ring substituents is 1. The molecule has 2 aromatic rings. The SMILES string of the molecule is CC1(C)CCC(C)(C)c2cc(C3=NN(Cc4ccc([N+](=O)[O-])cc4)CO3)ccc21. The molecule has 152 valence electrons. The molecule has 0 atom stereocenters.